The first-order valence-electron chi connectivity index (χ1n) is 7.62. The average Bonchev–Trinajstić information content (AvgIpc) is 2.18. The fourth-order valence-corrected chi connectivity index (χ4v) is 2.00. The van der Waals surface area contributed by atoms with E-state index >= 15 is 0 Å². The lowest BCUT2D eigenvalue weighted by Crippen LogP contribution is -2.20. The monoisotopic (exact) mass is 241 g/mol. The van der Waals surface area contributed by atoms with Crippen molar-refractivity contribution in [3.05, 3.63) is 0 Å². The molecule has 0 aliphatic carbocycles. The van der Waals surface area contributed by atoms with E-state index in [0.29, 0.717) is 5.41 Å². The van der Waals surface area contributed by atoms with Crippen LogP contribution in [0.3, 0.4) is 0 Å². The molecule has 0 radical (unpaired) electrons. The quantitative estimate of drug-likeness (QED) is 0.530. The Kier molecular flexibility index (Phi) is 9.91. The zero-order valence-electron chi connectivity index (χ0n) is 12.9. The van der Waals surface area contributed by atoms with Crippen molar-refractivity contribution in [2.45, 2.75) is 79.6 Å². The average molecular weight is 241 g/mol. The second-order valence-corrected chi connectivity index (χ2v) is 7.03. The van der Waals surface area contributed by atoms with Crippen LogP contribution >= 0.6 is 0 Å². The van der Waals surface area contributed by atoms with Crippen LogP contribution in [0.1, 0.15) is 79.6 Å². The molecule has 0 spiro atoms. The van der Waals surface area contributed by atoms with Crippen LogP contribution in [0.25, 0.3) is 0 Å². The van der Waals surface area contributed by atoms with Gasteiger partial charge in [-0.05, 0) is 37.3 Å². The van der Waals surface area contributed by atoms with Gasteiger partial charge in [-0.25, -0.2) is 0 Å². The summed E-state index contributed by atoms with van der Waals surface area (Å²) in [5.41, 5.74) is 0.529. The van der Waals surface area contributed by atoms with Crippen LogP contribution in [0, 0.1) is 11.3 Å². The fourth-order valence-electron chi connectivity index (χ4n) is 2.00. The predicted molar refractivity (Wildman–Crippen MR) is 79.5 cm³/mol. The van der Waals surface area contributed by atoms with E-state index < -0.39 is 0 Å². The minimum absolute atomic E-state index is 0.529. The highest BCUT2D eigenvalue weighted by Crippen LogP contribution is 2.22. The highest BCUT2D eigenvalue weighted by atomic mass is 14.8. The summed E-state index contributed by atoms with van der Waals surface area (Å²) in [5.74, 6) is 0.785. The Bertz CT molecular complexity index is 155. The summed E-state index contributed by atoms with van der Waals surface area (Å²) >= 11 is 0. The molecule has 0 bridgehead atoms. The molecule has 0 aromatic rings. The maximum absolute atomic E-state index is 3.51. The maximum Gasteiger partial charge on any atom is -0.00258 e. The molecule has 104 valence electrons. The van der Waals surface area contributed by atoms with Crippen LogP contribution < -0.4 is 5.32 Å². The minimum Gasteiger partial charge on any atom is -0.316 e. The van der Waals surface area contributed by atoms with E-state index in [1.807, 2.05) is 0 Å². The van der Waals surface area contributed by atoms with Gasteiger partial charge >= 0.3 is 0 Å². The van der Waals surface area contributed by atoms with Gasteiger partial charge in [-0.2, -0.15) is 0 Å². The highest BCUT2D eigenvalue weighted by Gasteiger charge is 2.08. The zero-order chi connectivity index (χ0) is 13.1. The molecule has 0 saturated heterocycles. The molecule has 1 nitrogen and oxygen atoms in total. The molecule has 0 fully saturated rings. The summed E-state index contributed by atoms with van der Waals surface area (Å²) in [6, 6.07) is 0. The van der Waals surface area contributed by atoms with Crippen molar-refractivity contribution in [3.8, 4) is 0 Å². The number of rotatable bonds is 10. The first-order chi connectivity index (χ1) is 7.92. The van der Waals surface area contributed by atoms with Gasteiger partial charge in [-0.1, -0.05) is 66.7 Å². The largest absolute Gasteiger partial charge is 0.316 e. The third-order valence-corrected chi connectivity index (χ3v) is 3.08. The molecule has 1 N–H and O–H groups in total. The summed E-state index contributed by atoms with van der Waals surface area (Å²) in [4.78, 5) is 0. The maximum atomic E-state index is 3.51. The van der Waals surface area contributed by atoms with Gasteiger partial charge in [-0.3, -0.25) is 0 Å². The first-order valence-corrected chi connectivity index (χ1v) is 7.62. The Morgan fingerprint density at radius 1 is 0.824 bits per heavy atom. The highest BCUT2D eigenvalue weighted by molar-refractivity contribution is 4.61. The number of hydrogen-bond acceptors (Lipinski definition) is 1. The molecular weight excluding hydrogens is 206 g/mol. The molecule has 0 aromatic heterocycles. The molecule has 17 heavy (non-hydrogen) atoms. The normalized spacial score (nSPS) is 12.4. The molecule has 0 heterocycles. The minimum atomic E-state index is 0.529. The Morgan fingerprint density at radius 3 is 1.88 bits per heavy atom. The molecule has 0 saturated carbocycles. The van der Waals surface area contributed by atoms with Crippen molar-refractivity contribution in [1.82, 2.24) is 5.32 Å². The van der Waals surface area contributed by atoms with Gasteiger partial charge in [0, 0.05) is 0 Å². The van der Waals surface area contributed by atoms with E-state index in [-0.39, 0.29) is 0 Å². The second kappa shape index (κ2) is 9.94. The number of nitrogens with one attached hydrogen (secondary N) is 1. The summed E-state index contributed by atoms with van der Waals surface area (Å²) in [7, 11) is 0. The van der Waals surface area contributed by atoms with E-state index in [2.05, 4.69) is 39.9 Å². The van der Waals surface area contributed by atoms with Crippen LogP contribution in [-0.2, 0) is 0 Å². The molecule has 0 aliphatic rings. The summed E-state index contributed by atoms with van der Waals surface area (Å²) < 4.78 is 0. The lowest BCUT2D eigenvalue weighted by atomic mass is 9.89. The Morgan fingerprint density at radius 2 is 1.35 bits per heavy atom. The van der Waals surface area contributed by atoms with E-state index in [1.54, 1.807) is 0 Å². The van der Waals surface area contributed by atoms with Crippen molar-refractivity contribution in [1.29, 1.82) is 0 Å². The lowest BCUT2D eigenvalue weighted by molar-refractivity contribution is 0.356. The summed E-state index contributed by atoms with van der Waals surface area (Å²) in [5, 5.41) is 3.51. The third kappa shape index (κ3) is 16.0. The van der Waals surface area contributed by atoms with E-state index in [9.17, 15) is 0 Å². The molecule has 0 unspecified atom stereocenters. The van der Waals surface area contributed by atoms with Crippen LogP contribution in [-0.4, -0.2) is 13.1 Å². The molecule has 0 aliphatic heterocycles. The van der Waals surface area contributed by atoms with Crippen LogP contribution in [0.5, 0.6) is 0 Å². The fraction of sp³-hybridized carbons (Fsp3) is 1.00. The first kappa shape index (κ1) is 17.0. The number of hydrogen-bond donors (Lipinski definition) is 1. The molecule has 0 rings (SSSR count). The van der Waals surface area contributed by atoms with Gasteiger partial charge in [0.1, 0.15) is 0 Å². The van der Waals surface area contributed by atoms with Crippen LogP contribution in [0.15, 0.2) is 0 Å². The molecule has 0 amide bonds. The molecule has 0 atom stereocenters. The van der Waals surface area contributed by atoms with Gasteiger partial charge in [0.15, 0.2) is 0 Å². The zero-order valence-corrected chi connectivity index (χ0v) is 12.9. The molecular formula is C16H35N. The Labute approximate surface area is 110 Å². The standard InChI is InChI=1S/C16H35N/c1-15(2)14-17-13-11-9-7-6-8-10-12-16(3,4)5/h15,17H,6-14H2,1-5H3. The van der Waals surface area contributed by atoms with E-state index in [4.69, 9.17) is 0 Å². The van der Waals surface area contributed by atoms with Crippen LogP contribution in [0.4, 0.5) is 0 Å². The van der Waals surface area contributed by atoms with Gasteiger partial charge in [-0.15, -0.1) is 0 Å². The van der Waals surface area contributed by atoms with Crippen molar-refractivity contribution in [3.63, 3.8) is 0 Å². The molecule has 1 heteroatoms. The van der Waals surface area contributed by atoms with Gasteiger partial charge in [0.05, 0.1) is 0 Å². The third-order valence-electron chi connectivity index (χ3n) is 3.08. The predicted octanol–water partition coefficient (Wildman–Crippen LogP) is 5.01. The summed E-state index contributed by atoms with van der Waals surface area (Å²) in [6.07, 6.45) is 9.83. The van der Waals surface area contributed by atoms with Crippen molar-refractivity contribution in [2.24, 2.45) is 11.3 Å². The van der Waals surface area contributed by atoms with Gasteiger partial charge < -0.3 is 5.32 Å². The van der Waals surface area contributed by atoms with E-state index in [1.165, 1.54) is 58.0 Å². The van der Waals surface area contributed by atoms with Crippen molar-refractivity contribution >= 4 is 0 Å². The van der Waals surface area contributed by atoms with Crippen LogP contribution in [0.2, 0.25) is 0 Å². The van der Waals surface area contributed by atoms with Gasteiger partial charge in [0.2, 0.25) is 0 Å². The topological polar surface area (TPSA) is 12.0 Å². The number of unbranched alkanes of at least 4 members (excludes halogenated alkanes) is 5. The van der Waals surface area contributed by atoms with E-state index in [0.717, 1.165) is 5.92 Å². The second-order valence-electron chi connectivity index (χ2n) is 7.03. The smallest absolute Gasteiger partial charge is 0.00258 e. The van der Waals surface area contributed by atoms with Gasteiger partial charge in [0.25, 0.3) is 0 Å². The molecule has 0 aromatic carbocycles. The van der Waals surface area contributed by atoms with Crippen molar-refractivity contribution < 1.29 is 0 Å². The van der Waals surface area contributed by atoms with Crippen molar-refractivity contribution in [2.75, 3.05) is 13.1 Å². The Hall–Kier alpha value is -0.0400. The Balaban J connectivity index is 3.04. The summed E-state index contributed by atoms with van der Waals surface area (Å²) in [6.45, 7) is 13.9. The lowest BCUT2D eigenvalue weighted by Gasteiger charge is -2.17. The SMILES string of the molecule is CC(C)CNCCCCCCCCC(C)(C)C.